The number of carbonyl (C=O) groups excluding carboxylic acids is 1. The van der Waals surface area contributed by atoms with Crippen molar-refractivity contribution in [2.45, 2.75) is 38.1 Å². The molecule has 17 heavy (non-hydrogen) atoms. The number of halogens is 1. The summed E-state index contributed by atoms with van der Waals surface area (Å²) in [5, 5.41) is 0.704. The van der Waals surface area contributed by atoms with Crippen LogP contribution in [0.25, 0.3) is 0 Å². The normalized spacial score (nSPS) is 24.6. The molecule has 2 unspecified atom stereocenters. The van der Waals surface area contributed by atoms with E-state index in [2.05, 4.69) is 0 Å². The highest BCUT2D eigenvalue weighted by Crippen LogP contribution is 2.25. The molecule has 0 aliphatic heterocycles. The third kappa shape index (κ3) is 3.30. The fourth-order valence-corrected chi connectivity index (χ4v) is 2.62. The van der Waals surface area contributed by atoms with Crippen LogP contribution in [-0.4, -0.2) is 11.8 Å². The predicted molar refractivity (Wildman–Crippen MR) is 70.1 cm³/mol. The van der Waals surface area contributed by atoms with Gasteiger partial charge in [0.05, 0.1) is 0 Å². The minimum atomic E-state index is 0.0550. The first-order valence-corrected chi connectivity index (χ1v) is 6.57. The molecule has 2 N–H and O–H groups in total. The Morgan fingerprint density at radius 3 is 2.53 bits per heavy atom. The van der Waals surface area contributed by atoms with Gasteiger partial charge in [0.2, 0.25) is 0 Å². The highest BCUT2D eigenvalue weighted by atomic mass is 35.5. The van der Waals surface area contributed by atoms with Crippen LogP contribution in [0.1, 0.15) is 31.2 Å². The zero-order valence-electron chi connectivity index (χ0n) is 9.86. The van der Waals surface area contributed by atoms with Gasteiger partial charge >= 0.3 is 0 Å². The van der Waals surface area contributed by atoms with Crippen molar-refractivity contribution in [2.75, 3.05) is 0 Å². The summed E-state index contributed by atoms with van der Waals surface area (Å²) in [4.78, 5) is 12.1. The Bertz CT molecular complexity index is 388. The molecule has 0 spiro atoms. The van der Waals surface area contributed by atoms with E-state index in [0.717, 1.165) is 31.2 Å². The van der Waals surface area contributed by atoms with Crippen LogP contribution in [0.5, 0.6) is 0 Å². The van der Waals surface area contributed by atoms with Gasteiger partial charge in [0.25, 0.3) is 0 Å². The minimum Gasteiger partial charge on any atom is -0.327 e. The van der Waals surface area contributed by atoms with Gasteiger partial charge in [-0.3, -0.25) is 4.79 Å². The lowest BCUT2D eigenvalue weighted by atomic mass is 9.81. The third-order valence-corrected chi connectivity index (χ3v) is 3.78. The maximum Gasteiger partial charge on any atom is 0.141 e. The van der Waals surface area contributed by atoms with Crippen molar-refractivity contribution >= 4 is 17.4 Å². The Kier molecular flexibility index (Phi) is 4.19. The summed E-state index contributed by atoms with van der Waals surface area (Å²) in [7, 11) is 0. The van der Waals surface area contributed by atoms with Crippen LogP contribution in [0, 0.1) is 5.92 Å². The molecule has 0 bridgehead atoms. The molecule has 1 aromatic rings. The molecule has 1 aliphatic rings. The van der Waals surface area contributed by atoms with E-state index >= 15 is 0 Å². The van der Waals surface area contributed by atoms with Crippen molar-refractivity contribution < 1.29 is 4.79 Å². The summed E-state index contributed by atoms with van der Waals surface area (Å²) in [5.41, 5.74) is 7.04. The number of rotatable bonds is 3. The van der Waals surface area contributed by atoms with Crippen molar-refractivity contribution in [1.82, 2.24) is 0 Å². The van der Waals surface area contributed by atoms with Gasteiger partial charge in [0, 0.05) is 23.4 Å². The molecule has 2 rings (SSSR count). The first kappa shape index (κ1) is 12.6. The smallest absolute Gasteiger partial charge is 0.141 e. The average molecular weight is 252 g/mol. The fraction of sp³-hybridized carbons (Fsp3) is 0.500. The molecule has 2 atom stereocenters. The highest BCUT2D eigenvalue weighted by Gasteiger charge is 2.27. The van der Waals surface area contributed by atoms with Gasteiger partial charge in [0.1, 0.15) is 5.78 Å². The Morgan fingerprint density at radius 1 is 1.24 bits per heavy atom. The van der Waals surface area contributed by atoms with E-state index in [-0.39, 0.29) is 17.7 Å². The molecular formula is C14H18ClNO. The Labute approximate surface area is 107 Å². The van der Waals surface area contributed by atoms with Crippen molar-refractivity contribution in [1.29, 1.82) is 0 Å². The van der Waals surface area contributed by atoms with Gasteiger partial charge in [-0.1, -0.05) is 36.6 Å². The lowest BCUT2D eigenvalue weighted by Gasteiger charge is -2.27. The van der Waals surface area contributed by atoms with Gasteiger partial charge in [-0.15, -0.1) is 0 Å². The molecule has 92 valence electrons. The lowest BCUT2D eigenvalue weighted by Crippen LogP contribution is -2.38. The second-order valence-electron chi connectivity index (χ2n) is 4.82. The SMILES string of the molecule is NC1CCCCC1C(=O)Cc1ccc(Cl)cc1. The molecule has 3 heteroatoms. The van der Waals surface area contributed by atoms with E-state index in [1.54, 1.807) is 0 Å². The van der Waals surface area contributed by atoms with E-state index in [4.69, 9.17) is 17.3 Å². The monoisotopic (exact) mass is 251 g/mol. The molecule has 1 aliphatic carbocycles. The third-order valence-electron chi connectivity index (χ3n) is 3.52. The summed E-state index contributed by atoms with van der Waals surface area (Å²) in [6, 6.07) is 7.53. The summed E-state index contributed by atoms with van der Waals surface area (Å²) in [5.74, 6) is 0.332. The van der Waals surface area contributed by atoms with Crippen LogP contribution in [0.15, 0.2) is 24.3 Å². The Morgan fingerprint density at radius 2 is 1.88 bits per heavy atom. The summed E-state index contributed by atoms with van der Waals surface area (Å²) >= 11 is 5.82. The number of hydrogen-bond acceptors (Lipinski definition) is 2. The van der Waals surface area contributed by atoms with Gasteiger partial charge in [-0.05, 0) is 30.5 Å². The first-order valence-electron chi connectivity index (χ1n) is 6.19. The largest absolute Gasteiger partial charge is 0.327 e. The average Bonchev–Trinajstić information content (AvgIpc) is 2.32. The van der Waals surface area contributed by atoms with Crippen molar-refractivity contribution in [3.05, 3.63) is 34.9 Å². The van der Waals surface area contributed by atoms with Gasteiger partial charge < -0.3 is 5.73 Å². The number of benzene rings is 1. The van der Waals surface area contributed by atoms with E-state index in [0.29, 0.717) is 11.4 Å². The Hall–Kier alpha value is -0.860. The number of Topliss-reactive ketones (excluding diaryl/α,β-unsaturated/α-hetero) is 1. The van der Waals surface area contributed by atoms with Crippen molar-refractivity contribution in [2.24, 2.45) is 11.7 Å². The van der Waals surface area contributed by atoms with Crippen LogP contribution in [0.3, 0.4) is 0 Å². The summed E-state index contributed by atoms with van der Waals surface area (Å²) < 4.78 is 0. The van der Waals surface area contributed by atoms with Crippen LogP contribution in [0.4, 0.5) is 0 Å². The van der Waals surface area contributed by atoms with E-state index in [1.807, 2.05) is 24.3 Å². The van der Waals surface area contributed by atoms with Gasteiger partial charge in [0.15, 0.2) is 0 Å². The number of nitrogens with two attached hydrogens (primary N) is 1. The molecule has 0 amide bonds. The zero-order chi connectivity index (χ0) is 12.3. The molecule has 2 nitrogen and oxygen atoms in total. The van der Waals surface area contributed by atoms with Gasteiger partial charge in [-0.2, -0.15) is 0 Å². The lowest BCUT2D eigenvalue weighted by molar-refractivity contribution is -0.123. The zero-order valence-corrected chi connectivity index (χ0v) is 10.6. The van der Waals surface area contributed by atoms with Crippen LogP contribution in [-0.2, 0) is 11.2 Å². The van der Waals surface area contributed by atoms with Crippen LogP contribution >= 0.6 is 11.6 Å². The molecule has 1 saturated carbocycles. The number of hydrogen-bond donors (Lipinski definition) is 1. The summed E-state index contributed by atoms with van der Waals surface area (Å²) in [6.07, 6.45) is 4.71. The van der Waals surface area contributed by atoms with E-state index in [1.165, 1.54) is 0 Å². The topological polar surface area (TPSA) is 43.1 Å². The second kappa shape index (κ2) is 5.65. The van der Waals surface area contributed by atoms with E-state index in [9.17, 15) is 4.79 Å². The fourth-order valence-electron chi connectivity index (χ4n) is 2.49. The Balaban J connectivity index is 1.98. The van der Waals surface area contributed by atoms with Crippen LogP contribution in [0.2, 0.25) is 5.02 Å². The first-order chi connectivity index (χ1) is 8.16. The van der Waals surface area contributed by atoms with Crippen molar-refractivity contribution in [3.8, 4) is 0 Å². The highest BCUT2D eigenvalue weighted by molar-refractivity contribution is 6.30. The molecule has 1 aromatic carbocycles. The molecule has 1 fully saturated rings. The predicted octanol–water partition coefficient (Wildman–Crippen LogP) is 2.97. The minimum absolute atomic E-state index is 0.0550. The quantitative estimate of drug-likeness (QED) is 0.898. The maximum absolute atomic E-state index is 12.1. The van der Waals surface area contributed by atoms with E-state index < -0.39 is 0 Å². The van der Waals surface area contributed by atoms with Gasteiger partial charge in [-0.25, -0.2) is 0 Å². The summed E-state index contributed by atoms with van der Waals surface area (Å²) in [6.45, 7) is 0. The standard InChI is InChI=1S/C14H18ClNO/c15-11-7-5-10(6-8-11)9-14(17)12-3-1-2-4-13(12)16/h5-8,12-13H,1-4,9,16H2. The molecule has 0 aromatic heterocycles. The molecular weight excluding hydrogens is 234 g/mol. The molecule has 0 saturated heterocycles. The molecule has 0 radical (unpaired) electrons. The second-order valence-corrected chi connectivity index (χ2v) is 5.26. The number of ketones is 1. The maximum atomic E-state index is 12.1. The molecule has 0 heterocycles. The van der Waals surface area contributed by atoms with Crippen molar-refractivity contribution in [3.63, 3.8) is 0 Å². The number of carbonyl (C=O) groups is 1. The van der Waals surface area contributed by atoms with Crippen LogP contribution < -0.4 is 5.73 Å².